The predicted octanol–water partition coefficient (Wildman–Crippen LogP) is 5.37. The summed E-state index contributed by atoms with van der Waals surface area (Å²) in [6, 6.07) is 10.5. The topological polar surface area (TPSA) is 72.5 Å². The first-order valence-corrected chi connectivity index (χ1v) is 10.6. The standard InChI is InChI=1S/C19H15BrClN3O3S2/c1-26-15-6-3-10(7-16(15)27-2)14-9-29-19(22-14)24-18(28)23-17(25)12-8-11(20)4-5-13(12)21/h3-9H,1-2H3,(H2,22,23,24,25,28). The Bertz CT molecular complexity index is 1070. The molecule has 0 bridgehead atoms. The number of aromatic nitrogens is 1. The van der Waals surface area contributed by atoms with Crippen LogP contribution < -0.4 is 20.1 Å². The van der Waals surface area contributed by atoms with Gasteiger partial charge in [-0.2, -0.15) is 0 Å². The fourth-order valence-electron chi connectivity index (χ4n) is 2.43. The monoisotopic (exact) mass is 511 g/mol. The number of anilines is 1. The molecule has 3 aromatic rings. The van der Waals surface area contributed by atoms with Crippen LogP contribution in [0.2, 0.25) is 5.02 Å². The smallest absolute Gasteiger partial charge is 0.258 e. The van der Waals surface area contributed by atoms with E-state index in [2.05, 4.69) is 31.5 Å². The van der Waals surface area contributed by atoms with Gasteiger partial charge in [0, 0.05) is 15.4 Å². The number of rotatable bonds is 5. The van der Waals surface area contributed by atoms with Crippen LogP contribution in [-0.4, -0.2) is 30.2 Å². The summed E-state index contributed by atoms with van der Waals surface area (Å²) in [4.78, 5) is 16.9. The zero-order chi connectivity index (χ0) is 21.0. The number of hydrogen-bond donors (Lipinski definition) is 2. The van der Waals surface area contributed by atoms with Gasteiger partial charge in [0.1, 0.15) is 0 Å². The number of ether oxygens (including phenoxy) is 2. The molecule has 3 rings (SSSR count). The van der Waals surface area contributed by atoms with E-state index in [0.29, 0.717) is 27.2 Å². The highest BCUT2D eigenvalue weighted by molar-refractivity contribution is 9.10. The van der Waals surface area contributed by atoms with E-state index in [9.17, 15) is 4.79 Å². The molecule has 0 fully saturated rings. The Kier molecular flexibility index (Phi) is 7.07. The first kappa shape index (κ1) is 21.5. The van der Waals surface area contributed by atoms with Gasteiger partial charge in [-0.15, -0.1) is 11.3 Å². The molecule has 0 atom stereocenters. The number of carbonyl (C=O) groups is 1. The van der Waals surface area contributed by atoms with Gasteiger partial charge in [0.05, 0.1) is 30.5 Å². The zero-order valence-electron chi connectivity index (χ0n) is 15.3. The molecule has 0 unspecified atom stereocenters. The number of thiocarbonyl (C=S) groups is 1. The van der Waals surface area contributed by atoms with E-state index >= 15 is 0 Å². The Morgan fingerprint density at radius 1 is 1.17 bits per heavy atom. The van der Waals surface area contributed by atoms with Gasteiger partial charge in [-0.3, -0.25) is 10.1 Å². The van der Waals surface area contributed by atoms with Crippen molar-refractivity contribution in [1.82, 2.24) is 10.3 Å². The molecule has 29 heavy (non-hydrogen) atoms. The number of amides is 1. The number of nitrogens with zero attached hydrogens (tertiary/aromatic N) is 1. The Hall–Kier alpha value is -2.20. The third-order valence-corrected chi connectivity index (χ3v) is 5.59. The van der Waals surface area contributed by atoms with Gasteiger partial charge in [-0.25, -0.2) is 4.98 Å². The number of methoxy groups -OCH3 is 2. The largest absolute Gasteiger partial charge is 0.493 e. The van der Waals surface area contributed by atoms with Crippen LogP contribution in [0.5, 0.6) is 11.5 Å². The third kappa shape index (κ3) is 5.24. The van der Waals surface area contributed by atoms with Gasteiger partial charge in [-0.05, 0) is 48.6 Å². The number of nitrogens with one attached hydrogen (secondary N) is 2. The zero-order valence-corrected chi connectivity index (χ0v) is 19.3. The van der Waals surface area contributed by atoms with Crippen LogP contribution in [0.15, 0.2) is 46.3 Å². The maximum Gasteiger partial charge on any atom is 0.258 e. The summed E-state index contributed by atoms with van der Waals surface area (Å²) in [7, 11) is 3.16. The average molecular weight is 513 g/mol. The normalized spacial score (nSPS) is 10.3. The number of carbonyl (C=O) groups excluding carboxylic acids is 1. The Labute approximate surface area is 190 Å². The Balaban J connectivity index is 1.69. The minimum atomic E-state index is -0.412. The molecular formula is C19H15BrClN3O3S2. The summed E-state index contributed by atoms with van der Waals surface area (Å²) in [5.74, 6) is 0.839. The maximum absolute atomic E-state index is 12.4. The number of thiazole rings is 1. The van der Waals surface area contributed by atoms with Crippen molar-refractivity contribution in [2.24, 2.45) is 0 Å². The lowest BCUT2D eigenvalue weighted by Crippen LogP contribution is -2.34. The first-order chi connectivity index (χ1) is 13.9. The highest BCUT2D eigenvalue weighted by Gasteiger charge is 2.14. The van der Waals surface area contributed by atoms with Crippen LogP contribution in [0.3, 0.4) is 0 Å². The van der Waals surface area contributed by atoms with Gasteiger partial charge >= 0.3 is 0 Å². The molecule has 1 amide bonds. The van der Waals surface area contributed by atoms with Crippen LogP contribution in [0.4, 0.5) is 5.13 Å². The second kappa shape index (κ2) is 9.53. The van der Waals surface area contributed by atoms with Crippen molar-refractivity contribution in [1.29, 1.82) is 0 Å². The van der Waals surface area contributed by atoms with Crippen molar-refractivity contribution < 1.29 is 14.3 Å². The minimum Gasteiger partial charge on any atom is -0.493 e. The Morgan fingerprint density at radius 2 is 1.93 bits per heavy atom. The number of benzene rings is 2. The van der Waals surface area contributed by atoms with E-state index in [1.165, 1.54) is 11.3 Å². The average Bonchev–Trinajstić information content (AvgIpc) is 3.17. The summed E-state index contributed by atoms with van der Waals surface area (Å²) in [6.07, 6.45) is 0. The molecule has 0 aliphatic heterocycles. The molecule has 1 aromatic heterocycles. The van der Waals surface area contributed by atoms with Crippen molar-refractivity contribution in [2.75, 3.05) is 19.5 Å². The number of hydrogen-bond acceptors (Lipinski definition) is 6. The lowest BCUT2D eigenvalue weighted by Gasteiger charge is -2.09. The fourth-order valence-corrected chi connectivity index (χ4v) is 3.97. The molecule has 0 radical (unpaired) electrons. The Morgan fingerprint density at radius 3 is 2.66 bits per heavy atom. The van der Waals surface area contributed by atoms with E-state index in [1.807, 2.05) is 23.6 Å². The minimum absolute atomic E-state index is 0.124. The summed E-state index contributed by atoms with van der Waals surface area (Å²) < 4.78 is 11.3. The molecule has 2 aromatic carbocycles. The fraction of sp³-hybridized carbons (Fsp3) is 0.105. The lowest BCUT2D eigenvalue weighted by atomic mass is 10.1. The predicted molar refractivity (Wildman–Crippen MR) is 123 cm³/mol. The third-order valence-electron chi connectivity index (χ3n) is 3.80. The summed E-state index contributed by atoms with van der Waals surface area (Å²) in [5, 5.41) is 8.39. The highest BCUT2D eigenvalue weighted by Crippen LogP contribution is 2.33. The summed E-state index contributed by atoms with van der Waals surface area (Å²) in [5.41, 5.74) is 1.92. The van der Waals surface area contributed by atoms with Gasteiger partial charge < -0.3 is 14.8 Å². The van der Waals surface area contributed by atoms with Crippen LogP contribution >= 0.6 is 51.1 Å². The van der Waals surface area contributed by atoms with Crippen molar-refractivity contribution in [3.63, 3.8) is 0 Å². The lowest BCUT2D eigenvalue weighted by molar-refractivity contribution is 0.0978. The molecule has 0 aliphatic rings. The van der Waals surface area contributed by atoms with Crippen molar-refractivity contribution in [2.45, 2.75) is 0 Å². The SMILES string of the molecule is COc1ccc(-c2csc(NC(=S)NC(=O)c3cc(Br)ccc3Cl)n2)cc1OC. The molecule has 0 aliphatic carbocycles. The van der Waals surface area contributed by atoms with E-state index in [1.54, 1.807) is 32.4 Å². The first-order valence-electron chi connectivity index (χ1n) is 8.16. The van der Waals surface area contributed by atoms with Crippen LogP contribution in [0, 0.1) is 0 Å². The van der Waals surface area contributed by atoms with Gasteiger partial charge in [0.25, 0.3) is 5.91 Å². The summed E-state index contributed by atoms with van der Waals surface area (Å²) >= 11 is 16.0. The highest BCUT2D eigenvalue weighted by atomic mass is 79.9. The second-order valence-electron chi connectivity index (χ2n) is 5.64. The van der Waals surface area contributed by atoms with Crippen molar-refractivity contribution in [3.8, 4) is 22.8 Å². The number of halogens is 2. The molecular weight excluding hydrogens is 498 g/mol. The molecule has 0 spiro atoms. The molecule has 0 saturated carbocycles. The summed E-state index contributed by atoms with van der Waals surface area (Å²) in [6.45, 7) is 0. The van der Waals surface area contributed by atoms with Crippen LogP contribution in [0.1, 0.15) is 10.4 Å². The van der Waals surface area contributed by atoms with E-state index in [4.69, 9.17) is 33.3 Å². The molecule has 0 saturated heterocycles. The molecule has 2 N–H and O–H groups in total. The molecule has 1 heterocycles. The quantitative estimate of drug-likeness (QED) is 0.448. The van der Waals surface area contributed by atoms with Gasteiger partial charge in [0.15, 0.2) is 21.7 Å². The molecule has 6 nitrogen and oxygen atoms in total. The van der Waals surface area contributed by atoms with Gasteiger partial charge in [0.2, 0.25) is 0 Å². The van der Waals surface area contributed by atoms with Crippen molar-refractivity contribution in [3.05, 3.63) is 56.8 Å². The van der Waals surface area contributed by atoms with Crippen LogP contribution in [0.25, 0.3) is 11.3 Å². The van der Waals surface area contributed by atoms with E-state index < -0.39 is 5.91 Å². The van der Waals surface area contributed by atoms with Gasteiger partial charge in [-0.1, -0.05) is 27.5 Å². The molecule has 10 heteroatoms. The van der Waals surface area contributed by atoms with Crippen molar-refractivity contribution >= 4 is 67.2 Å². The van der Waals surface area contributed by atoms with Crippen LogP contribution in [-0.2, 0) is 0 Å². The molecule has 150 valence electrons. The van der Waals surface area contributed by atoms with E-state index in [-0.39, 0.29) is 5.11 Å². The second-order valence-corrected chi connectivity index (χ2v) is 8.23. The maximum atomic E-state index is 12.4. The van der Waals surface area contributed by atoms with E-state index in [0.717, 1.165) is 15.7 Å².